The zero-order valence-corrected chi connectivity index (χ0v) is 13.5. The number of nitrogens with one attached hydrogen (secondary N) is 1. The van der Waals surface area contributed by atoms with Gasteiger partial charge in [-0.15, -0.1) is 0 Å². The van der Waals surface area contributed by atoms with Gasteiger partial charge < -0.3 is 9.84 Å². The molecule has 0 aliphatic heterocycles. The number of carbonyl (C=O) groups is 1. The van der Waals surface area contributed by atoms with Crippen molar-refractivity contribution in [2.24, 2.45) is 5.92 Å². The van der Waals surface area contributed by atoms with Crippen LogP contribution in [-0.4, -0.2) is 22.1 Å². The summed E-state index contributed by atoms with van der Waals surface area (Å²) >= 11 is 1.50. The third kappa shape index (κ3) is 3.68. The van der Waals surface area contributed by atoms with E-state index in [1.165, 1.54) is 24.6 Å². The molecule has 0 bridgehead atoms. The van der Waals surface area contributed by atoms with Crippen LogP contribution in [0.5, 0.6) is 0 Å². The first kappa shape index (κ1) is 15.1. The molecular formula is C16H19N3O2S. The fraction of sp³-hybridized carbons (Fsp3) is 0.438. The highest BCUT2D eigenvalue weighted by Gasteiger charge is 2.29. The minimum atomic E-state index is -0.0497. The van der Waals surface area contributed by atoms with Gasteiger partial charge in [-0.25, -0.2) is 4.98 Å². The molecule has 0 aromatic carbocycles. The van der Waals surface area contributed by atoms with Gasteiger partial charge in [-0.3, -0.25) is 4.79 Å². The number of thioether (sulfide) groups is 1. The van der Waals surface area contributed by atoms with Gasteiger partial charge in [-0.2, -0.15) is 0 Å². The first-order valence-corrected chi connectivity index (χ1v) is 8.43. The Kier molecular flexibility index (Phi) is 4.47. The molecule has 5 nitrogen and oxygen atoms in total. The van der Waals surface area contributed by atoms with E-state index in [1.807, 2.05) is 19.1 Å². The van der Waals surface area contributed by atoms with E-state index in [-0.39, 0.29) is 11.9 Å². The second kappa shape index (κ2) is 6.52. The number of hydrogen-bond donors (Lipinski definition) is 1. The van der Waals surface area contributed by atoms with Gasteiger partial charge in [0.2, 0.25) is 0 Å². The standard InChI is InChI=1S/C16H19N3O2S/c1-10-8-13(19-21-10)9-22-16-14(4-3-7-17-16)15(20)18-11(2)12-5-6-12/h3-4,7-8,11-12H,5-6,9H2,1-2H3,(H,18,20)/t11-/m1/s1. The fourth-order valence-electron chi connectivity index (χ4n) is 2.31. The Morgan fingerprint density at radius 1 is 1.55 bits per heavy atom. The van der Waals surface area contributed by atoms with Crippen LogP contribution in [0.4, 0.5) is 0 Å². The van der Waals surface area contributed by atoms with Crippen molar-refractivity contribution in [1.82, 2.24) is 15.5 Å². The Balaban J connectivity index is 1.67. The quantitative estimate of drug-likeness (QED) is 0.829. The Morgan fingerprint density at radius 3 is 3.05 bits per heavy atom. The maximum absolute atomic E-state index is 12.4. The van der Waals surface area contributed by atoms with Crippen LogP contribution in [0.1, 0.15) is 41.6 Å². The number of nitrogens with zero attached hydrogens (tertiary/aromatic N) is 2. The molecule has 1 aliphatic rings. The lowest BCUT2D eigenvalue weighted by molar-refractivity contribution is 0.0932. The van der Waals surface area contributed by atoms with Crippen LogP contribution < -0.4 is 5.32 Å². The van der Waals surface area contributed by atoms with Crippen LogP contribution in [0, 0.1) is 12.8 Å². The van der Waals surface area contributed by atoms with Gasteiger partial charge in [0.05, 0.1) is 11.3 Å². The molecule has 0 spiro atoms. The summed E-state index contributed by atoms with van der Waals surface area (Å²) in [6.07, 6.45) is 4.13. The molecular weight excluding hydrogens is 298 g/mol. The van der Waals surface area contributed by atoms with Crippen molar-refractivity contribution in [2.75, 3.05) is 0 Å². The highest BCUT2D eigenvalue weighted by atomic mass is 32.2. The lowest BCUT2D eigenvalue weighted by Gasteiger charge is -2.14. The van der Waals surface area contributed by atoms with E-state index in [1.54, 1.807) is 12.3 Å². The molecule has 22 heavy (non-hydrogen) atoms. The molecule has 2 heterocycles. The summed E-state index contributed by atoms with van der Waals surface area (Å²) in [6, 6.07) is 5.73. The van der Waals surface area contributed by atoms with Gasteiger partial charge in [-0.05, 0) is 44.7 Å². The number of amides is 1. The zero-order chi connectivity index (χ0) is 15.5. The monoisotopic (exact) mass is 317 g/mol. The molecule has 3 rings (SSSR count). The molecule has 1 aliphatic carbocycles. The molecule has 116 valence electrons. The number of carbonyl (C=O) groups excluding carboxylic acids is 1. The molecule has 1 saturated carbocycles. The first-order chi connectivity index (χ1) is 10.6. The van der Waals surface area contributed by atoms with Gasteiger partial charge in [0.15, 0.2) is 0 Å². The van der Waals surface area contributed by atoms with Crippen molar-refractivity contribution in [1.29, 1.82) is 0 Å². The molecule has 1 atom stereocenters. The summed E-state index contributed by atoms with van der Waals surface area (Å²) in [4.78, 5) is 16.8. The Labute approximate surface area is 133 Å². The van der Waals surface area contributed by atoms with Crippen molar-refractivity contribution in [3.63, 3.8) is 0 Å². The predicted octanol–water partition coefficient (Wildman–Crippen LogP) is 3.20. The minimum Gasteiger partial charge on any atom is -0.361 e. The number of rotatable bonds is 6. The summed E-state index contributed by atoms with van der Waals surface area (Å²) < 4.78 is 5.05. The van der Waals surface area contributed by atoms with E-state index in [0.29, 0.717) is 17.2 Å². The van der Waals surface area contributed by atoms with Crippen LogP contribution in [0.15, 0.2) is 33.9 Å². The second-order valence-electron chi connectivity index (χ2n) is 5.67. The number of pyridine rings is 1. The van der Waals surface area contributed by atoms with Gasteiger partial charge in [0.25, 0.3) is 5.91 Å². The SMILES string of the molecule is Cc1cc(CSc2ncccc2C(=O)N[C@H](C)C2CC2)no1. The van der Waals surface area contributed by atoms with Crippen molar-refractivity contribution in [3.05, 3.63) is 41.4 Å². The smallest absolute Gasteiger partial charge is 0.254 e. The highest BCUT2D eigenvalue weighted by molar-refractivity contribution is 7.98. The largest absolute Gasteiger partial charge is 0.361 e. The first-order valence-electron chi connectivity index (χ1n) is 7.44. The van der Waals surface area contributed by atoms with Crippen LogP contribution >= 0.6 is 11.8 Å². The van der Waals surface area contributed by atoms with Crippen molar-refractivity contribution >= 4 is 17.7 Å². The van der Waals surface area contributed by atoms with Crippen LogP contribution in [0.25, 0.3) is 0 Å². The molecule has 2 aromatic rings. The van der Waals surface area contributed by atoms with Crippen LogP contribution in [0.2, 0.25) is 0 Å². The normalized spacial score (nSPS) is 15.5. The molecule has 6 heteroatoms. The molecule has 2 aromatic heterocycles. The summed E-state index contributed by atoms with van der Waals surface area (Å²) in [5.74, 6) is 2.00. The van der Waals surface area contributed by atoms with E-state index >= 15 is 0 Å². The van der Waals surface area contributed by atoms with E-state index in [0.717, 1.165) is 16.5 Å². The summed E-state index contributed by atoms with van der Waals surface area (Å²) in [5.41, 5.74) is 1.48. The van der Waals surface area contributed by atoms with Crippen molar-refractivity contribution in [3.8, 4) is 0 Å². The second-order valence-corrected chi connectivity index (χ2v) is 6.64. The predicted molar refractivity (Wildman–Crippen MR) is 84.7 cm³/mol. The third-order valence-corrected chi connectivity index (χ3v) is 4.78. The molecule has 1 amide bonds. The zero-order valence-electron chi connectivity index (χ0n) is 12.7. The van der Waals surface area contributed by atoms with Gasteiger partial charge >= 0.3 is 0 Å². The highest BCUT2D eigenvalue weighted by Crippen LogP contribution is 2.32. The minimum absolute atomic E-state index is 0.0497. The number of aromatic nitrogens is 2. The van der Waals surface area contributed by atoms with E-state index in [9.17, 15) is 4.79 Å². The topological polar surface area (TPSA) is 68.0 Å². The third-order valence-electron chi connectivity index (χ3n) is 3.74. The summed E-state index contributed by atoms with van der Waals surface area (Å²) in [7, 11) is 0. The number of hydrogen-bond acceptors (Lipinski definition) is 5. The van der Waals surface area contributed by atoms with E-state index in [2.05, 4.69) is 22.4 Å². The van der Waals surface area contributed by atoms with E-state index < -0.39 is 0 Å². The number of aryl methyl sites for hydroxylation is 1. The molecule has 0 unspecified atom stereocenters. The van der Waals surface area contributed by atoms with E-state index in [4.69, 9.17) is 4.52 Å². The molecule has 1 N–H and O–H groups in total. The van der Waals surface area contributed by atoms with Gasteiger partial charge in [-0.1, -0.05) is 16.9 Å². The summed E-state index contributed by atoms with van der Waals surface area (Å²) in [5, 5.41) is 7.76. The Morgan fingerprint density at radius 2 is 2.36 bits per heavy atom. The molecule has 0 saturated heterocycles. The molecule has 0 radical (unpaired) electrons. The average Bonchev–Trinajstić information content (AvgIpc) is 3.28. The van der Waals surface area contributed by atoms with Crippen LogP contribution in [0.3, 0.4) is 0 Å². The van der Waals surface area contributed by atoms with Gasteiger partial charge in [0.1, 0.15) is 10.8 Å². The van der Waals surface area contributed by atoms with Gasteiger partial charge in [0, 0.05) is 24.1 Å². The lowest BCUT2D eigenvalue weighted by Crippen LogP contribution is -2.34. The Hall–Kier alpha value is -1.82. The van der Waals surface area contributed by atoms with Crippen molar-refractivity contribution in [2.45, 2.75) is 43.5 Å². The summed E-state index contributed by atoms with van der Waals surface area (Å²) in [6.45, 7) is 3.93. The Bertz CT molecular complexity index is 667. The molecule has 1 fully saturated rings. The van der Waals surface area contributed by atoms with Crippen molar-refractivity contribution < 1.29 is 9.32 Å². The van der Waals surface area contributed by atoms with Crippen LogP contribution in [-0.2, 0) is 5.75 Å². The lowest BCUT2D eigenvalue weighted by atomic mass is 10.2. The maximum Gasteiger partial charge on any atom is 0.254 e. The fourth-order valence-corrected chi connectivity index (χ4v) is 3.18. The average molecular weight is 317 g/mol. The maximum atomic E-state index is 12.4.